The lowest BCUT2D eigenvalue weighted by atomic mass is 10.3. The molecule has 2 rings (SSSR count). The number of nitrogens with one attached hydrogen (secondary N) is 2. The molecule has 0 saturated carbocycles. The summed E-state index contributed by atoms with van der Waals surface area (Å²) in [5.41, 5.74) is 1.71. The molecule has 0 unspecified atom stereocenters. The maximum atomic E-state index is 12.2. The fourth-order valence-corrected chi connectivity index (χ4v) is 2.94. The predicted molar refractivity (Wildman–Crippen MR) is 99.0 cm³/mol. The van der Waals surface area contributed by atoms with Crippen molar-refractivity contribution < 1.29 is 17.9 Å². The number of aryl methyl sites for hydroxylation is 2. The Morgan fingerprint density at radius 1 is 1.30 bits per heavy atom. The van der Waals surface area contributed by atoms with Crippen molar-refractivity contribution in [3.8, 4) is 5.88 Å². The van der Waals surface area contributed by atoms with Crippen LogP contribution in [0, 0.1) is 13.8 Å². The molecule has 2 heterocycles. The van der Waals surface area contributed by atoms with Crippen LogP contribution in [0.2, 0.25) is 0 Å². The zero-order chi connectivity index (χ0) is 19.9. The van der Waals surface area contributed by atoms with Crippen LogP contribution >= 0.6 is 11.3 Å². The summed E-state index contributed by atoms with van der Waals surface area (Å²) in [6.07, 6.45) is -3.00. The first-order chi connectivity index (χ1) is 12.8. The predicted octanol–water partition coefficient (Wildman–Crippen LogP) is 3.35. The van der Waals surface area contributed by atoms with E-state index >= 15 is 0 Å². The lowest BCUT2D eigenvalue weighted by molar-refractivity contribution is -0.154. The largest absolute Gasteiger partial charge is 0.468 e. The molecule has 0 aliphatic heterocycles. The molecule has 2 N–H and O–H groups in total. The Balaban J connectivity index is 1.97. The van der Waals surface area contributed by atoms with Crippen molar-refractivity contribution >= 4 is 17.3 Å². The van der Waals surface area contributed by atoms with E-state index < -0.39 is 12.8 Å². The van der Waals surface area contributed by atoms with Crippen molar-refractivity contribution in [3.05, 3.63) is 39.5 Å². The average molecular weight is 401 g/mol. The molecule has 0 fully saturated rings. The van der Waals surface area contributed by atoms with Gasteiger partial charge < -0.3 is 15.4 Å². The number of thiazole rings is 1. The molecule has 6 nitrogen and oxygen atoms in total. The van der Waals surface area contributed by atoms with Crippen molar-refractivity contribution in [3.63, 3.8) is 0 Å². The zero-order valence-corrected chi connectivity index (χ0v) is 16.2. The smallest absolute Gasteiger partial charge is 0.422 e. The van der Waals surface area contributed by atoms with Crippen LogP contribution in [0.5, 0.6) is 5.88 Å². The number of hydrogen-bond acceptors (Lipinski definition) is 5. The van der Waals surface area contributed by atoms with Crippen LogP contribution in [0.25, 0.3) is 0 Å². The van der Waals surface area contributed by atoms with Crippen molar-refractivity contribution in [2.24, 2.45) is 4.99 Å². The van der Waals surface area contributed by atoms with Gasteiger partial charge in [-0.3, -0.25) is 0 Å². The van der Waals surface area contributed by atoms with E-state index in [2.05, 4.69) is 30.3 Å². The van der Waals surface area contributed by atoms with Gasteiger partial charge in [0.2, 0.25) is 5.88 Å². The Bertz CT molecular complexity index is 757. The molecular weight excluding hydrogens is 379 g/mol. The first-order valence-electron chi connectivity index (χ1n) is 8.36. The van der Waals surface area contributed by atoms with Gasteiger partial charge in [0.25, 0.3) is 0 Å². The third-order valence-corrected chi connectivity index (χ3v) is 4.50. The Hall–Kier alpha value is -2.36. The minimum absolute atomic E-state index is 0.0771. The number of aromatic nitrogens is 2. The van der Waals surface area contributed by atoms with Crippen molar-refractivity contribution in [2.45, 2.75) is 40.0 Å². The summed E-state index contributed by atoms with van der Waals surface area (Å²) in [7, 11) is 0. The van der Waals surface area contributed by atoms with Gasteiger partial charge in [-0.25, -0.2) is 15.0 Å². The number of guanidine groups is 1. The molecule has 148 valence electrons. The van der Waals surface area contributed by atoms with Crippen LogP contribution in [0.15, 0.2) is 23.3 Å². The molecule has 0 saturated heterocycles. The van der Waals surface area contributed by atoms with Gasteiger partial charge in [-0.15, -0.1) is 11.3 Å². The molecule has 0 bridgehead atoms. The van der Waals surface area contributed by atoms with E-state index in [9.17, 15) is 13.2 Å². The van der Waals surface area contributed by atoms with Gasteiger partial charge in [0, 0.05) is 23.7 Å². The van der Waals surface area contributed by atoms with E-state index in [1.165, 1.54) is 17.1 Å². The maximum Gasteiger partial charge on any atom is 0.422 e. The van der Waals surface area contributed by atoms with Crippen LogP contribution in [0.1, 0.15) is 28.1 Å². The second-order valence-corrected chi connectivity index (χ2v) is 6.99. The summed E-state index contributed by atoms with van der Waals surface area (Å²) >= 11 is 1.63. The zero-order valence-electron chi connectivity index (χ0n) is 15.4. The molecule has 10 heteroatoms. The highest BCUT2D eigenvalue weighted by Gasteiger charge is 2.28. The number of hydrogen-bond donors (Lipinski definition) is 2. The Morgan fingerprint density at radius 2 is 2.07 bits per heavy atom. The summed E-state index contributed by atoms with van der Waals surface area (Å²) in [6.45, 7) is 6.07. The van der Waals surface area contributed by atoms with Gasteiger partial charge in [-0.1, -0.05) is 0 Å². The third kappa shape index (κ3) is 7.41. The van der Waals surface area contributed by atoms with Gasteiger partial charge in [-0.2, -0.15) is 13.2 Å². The molecule has 2 aromatic heterocycles. The van der Waals surface area contributed by atoms with Gasteiger partial charge in [0.1, 0.15) is 5.01 Å². The monoisotopic (exact) mass is 401 g/mol. The van der Waals surface area contributed by atoms with E-state index in [4.69, 9.17) is 0 Å². The summed E-state index contributed by atoms with van der Waals surface area (Å²) < 4.78 is 41.4. The van der Waals surface area contributed by atoms with Crippen LogP contribution in [0.3, 0.4) is 0 Å². The second-order valence-electron chi connectivity index (χ2n) is 5.70. The van der Waals surface area contributed by atoms with Crippen LogP contribution in [-0.4, -0.2) is 35.3 Å². The standard InChI is InChI=1S/C17H22F3N5OS/c1-4-21-16(24-9-15-25-11(2)12(3)27-15)23-8-13-5-6-22-14(7-13)26-10-17(18,19)20/h5-7H,4,8-10H2,1-3H3,(H2,21,23,24). The first-order valence-corrected chi connectivity index (χ1v) is 9.18. The summed E-state index contributed by atoms with van der Waals surface area (Å²) in [6, 6.07) is 3.13. The van der Waals surface area contributed by atoms with E-state index in [1.807, 2.05) is 20.8 Å². The first kappa shape index (κ1) is 20.9. The summed E-state index contributed by atoms with van der Waals surface area (Å²) in [5.74, 6) is 0.518. The molecule has 0 aliphatic carbocycles. The molecule has 2 aromatic rings. The van der Waals surface area contributed by atoms with E-state index in [0.717, 1.165) is 10.7 Å². The molecule has 0 atom stereocenters. The highest BCUT2D eigenvalue weighted by Crippen LogP contribution is 2.18. The molecule has 0 aromatic carbocycles. The second kappa shape index (κ2) is 9.54. The summed E-state index contributed by atoms with van der Waals surface area (Å²) in [5, 5.41) is 7.28. The minimum Gasteiger partial charge on any atom is -0.468 e. The SMILES string of the molecule is CCNC(=NCc1ccnc(OCC(F)(F)F)c1)NCc1nc(C)c(C)s1. The van der Waals surface area contributed by atoms with Gasteiger partial charge in [-0.05, 0) is 32.4 Å². The highest BCUT2D eigenvalue weighted by atomic mass is 32.1. The maximum absolute atomic E-state index is 12.2. The topological polar surface area (TPSA) is 71.4 Å². The van der Waals surface area contributed by atoms with Crippen LogP contribution in [0.4, 0.5) is 13.2 Å². The lowest BCUT2D eigenvalue weighted by Gasteiger charge is -2.11. The number of rotatable bonds is 7. The molecule has 27 heavy (non-hydrogen) atoms. The number of alkyl halides is 3. The van der Waals surface area contributed by atoms with E-state index in [1.54, 1.807) is 17.4 Å². The molecular formula is C17H22F3N5OS. The third-order valence-electron chi connectivity index (χ3n) is 3.43. The molecule has 0 spiro atoms. The molecule has 0 aliphatic rings. The normalized spacial score (nSPS) is 12.1. The van der Waals surface area contributed by atoms with Gasteiger partial charge >= 0.3 is 6.18 Å². The van der Waals surface area contributed by atoms with Gasteiger partial charge in [0.05, 0.1) is 18.8 Å². The van der Waals surface area contributed by atoms with Crippen molar-refractivity contribution in [1.82, 2.24) is 20.6 Å². The fraction of sp³-hybridized carbons (Fsp3) is 0.471. The molecule has 0 radical (unpaired) electrons. The minimum atomic E-state index is -4.40. The number of nitrogens with zero attached hydrogens (tertiary/aromatic N) is 3. The van der Waals surface area contributed by atoms with Crippen molar-refractivity contribution in [1.29, 1.82) is 0 Å². The number of halogens is 3. The lowest BCUT2D eigenvalue weighted by Crippen LogP contribution is -2.36. The Morgan fingerprint density at radius 3 is 2.70 bits per heavy atom. The Kier molecular flexibility index (Phi) is 7.40. The van der Waals surface area contributed by atoms with E-state index in [0.29, 0.717) is 24.6 Å². The molecule has 0 amide bonds. The fourth-order valence-electron chi connectivity index (χ4n) is 2.07. The van der Waals surface area contributed by atoms with Crippen LogP contribution < -0.4 is 15.4 Å². The number of ether oxygens (including phenoxy) is 1. The number of pyridine rings is 1. The number of aliphatic imine (C=N–C) groups is 1. The average Bonchev–Trinajstić information content (AvgIpc) is 2.93. The quantitative estimate of drug-likeness (QED) is 0.550. The van der Waals surface area contributed by atoms with E-state index in [-0.39, 0.29) is 12.4 Å². The van der Waals surface area contributed by atoms with Gasteiger partial charge in [0.15, 0.2) is 12.6 Å². The Labute approximate surface area is 159 Å². The van der Waals surface area contributed by atoms with Crippen molar-refractivity contribution in [2.75, 3.05) is 13.2 Å². The van der Waals surface area contributed by atoms with Crippen LogP contribution in [-0.2, 0) is 13.1 Å². The summed E-state index contributed by atoms with van der Waals surface area (Å²) in [4.78, 5) is 13.9. The highest BCUT2D eigenvalue weighted by molar-refractivity contribution is 7.11.